The Bertz CT molecular complexity index is 541. The molecule has 1 heterocycles. The molecule has 86 valence electrons. The number of rotatable bonds is 2. The molecule has 0 atom stereocenters. The molecule has 3 nitrogen and oxygen atoms in total. The summed E-state index contributed by atoms with van der Waals surface area (Å²) in [4.78, 5) is 24.4. The Morgan fingerprint density at radius 3 is 2.71 bits per heavy atom. The number of benzene rings is 1. The number of nitrogens with zero attached hydrogens (tertiary/aromatic N) is 1. The molecule has 2 rings (SSSR count). The van der Waals surface area contributed by atoms with Gasteiger partial charge in [-0.1, -0.05) is 24.3 Å². The Morgan fingerprint density at radius 2 is 2.00 bits per heavy atom. The Hall–Kier alpha value is -2.16. The number of likely N-dealkylation sites (N-methyl/N-ethyl adjacent to an activating group) is 1. The van der Waals surface area contributed by atoms with Gasteiger partial charge in [0.2, 0.25) is 0 Å². The number of allylic oxidation sites excluding steroid dienone is 3. The van der Waals surface area contributed by atoms with Crippen molar-refractivity contribution in [2.75, 3.05) is 11.9 Å². The third-order valence-electron chi connectivity index (χ3n) is 2.68. The van der Waals surface area contributed by atoms with Crippen LogP contribution in [0, 0.1) is 0 Å². The first-order valence-corrected chi connectivity index (χ1v) is 5.37. The number of amides is 1. The van der Waals surface area contributed by atoms with Crippen LogP contribution in [0.5, 0.6) is 0 Å². The van der Waals surface area contributed by atoms with Crippen molar-refractivity contribution in [1.29, 1.82) is 0 Å². The monoisotopic (exact) mass is 227 g/mol. The Kier molecular flexibility index (Phi) is 2.91. The molecule has 3 heteroatoms. The number of carbonyl (C=O) groups is 2. The van der Waals surface area contributed by atoms with Crippen LogP contribution < -0.4 is 4.90 Å². The summed E-state index contributed by atoms with van der Waals surface area (Å²) in [5.74, 6) is -0.0756. The molecular weight excluding hydrogens is 214 g/mol. The van der Waals surface area contributed by atoms with Crippen molar-refractivity contribution in [2.45, 2.75) is 6.92 Å². The maximum absolute atomic E-state index is 12.0. The summed E-state index contributed by atoms with van der Waals surface area (Å²) < 4.78 is 0. The first-order chi connectivity index (χ1) is 8.11. The van der Waals surface area contributed by atoms with Gasteiger partial charge in [0.25, 0.3) is 5.91 Å². The SMILES string of the molecule is CC(=O)/C=C/C=C1\C(=O)N(C)c2ccccc21. The van der Waals surface area contributed by atoms with E-state index >= 15 is 0 Å². The fourth-order valence-corrected chi connectivity index (χ4v) is 1.84. The molecule has 0 unspecified atom stereocenters. The van der Waals surface area contributed by atoms with Gasteiger partial charge >= 0.3 is 0 Å². The first-order valence-electron chi connectivity index (χ1n) is 5.37. The number of anilines is 1. The van der Waals surface area contributed by atoms with E-state index in [0.29, 0.717) is 5.57 Å². The van der Waals surface area contributed by atoms with Crippen molar-refractivity contribution < 1.29 is 9.59 Å². The molecule has 1 aliphatic heterocycles. The summed E-state index contributed by atoms with van der Waals surface area (Å²) in [6.07, 6.45) is 4.75. The fraction of sp³-hybridized carbons (Fsp3) is 0.143. The molecule has 0 aliphatic carbocycles. The van der Waals surface area contributed by atoms with E-state index in [0.717, 1.165) is 11.3 Å². The molecule has 0 aromatic heterocycles. The molecule has 0 spiro atoms. The van der Waals surface area contributed by atoms with E-state index in [1.54, 1.807) is 24.1 Å². The van der Waals surface area contributed by atoms with E-state index in [2.05, 4.69) is 0 Å². The van der Waals surface area contributed by atoms with E-state index in [1.165, 1.54) is 13.0 Å². The zero-order valence-corrected chi connectivity index (χ0v) is 9.81. The molecule has 1 aliphatic rings. The summed E-state index contributed by atoms with van der Waals surface area (Å²) in [7, 11) is 1.75. The lowest BCUT2D eigenvalue weighted by Crippen LogP contribution is -2.20. The van der Waals surface area contributed by atoms with Gasteiger partial charge in [-0.2, -0.15) is 0 Å². The van der Waals surface area contributed by atoms with Crippen molar-refractivity contribution in [1.82, 2.24) is 0 Å². The van der Waals surface area contributed by atoms with Gasteiger partial charge in [-0.15, -0.1) is 0 Å². The van der Waals surface area contributed by atoms with E-state index in [9.17, 15) is 9.59 Å². The summed E-state index contributed by atoms with van der Waals surface area (Å²) in [5, 5.41) is 0. The summed E-state index contributed by atoms with van der Waals surface area (Å²) >= 11 is 0. The largest absolute Gasteiger partial charge is 0.311 e. The van der Waals surface area contributed by atoms with Crippen molar-refractivity contribution >= 4 is 23.0 Å². The van der Waals surface area contributed by atoms with Crippen LogP contribution in [0.4, 0.5) is 5.69 Å². The Balaban J connectivity index is 2.43. The molecule has 0 radical (unpaired) electrons. The standard InChI is InChI=1S/C14H13NO2/c1-10(16)6-5-8-12-11-7-3-4-9-13(11)15(2)14(12)17/h3-9H,1-2H3/b6-5+,12-8-. The predicted octanol–water partition coefficient (Wildman–Crippen LogP) is 2.19. The van der Waals surface area contributed by atoms with Gasteiger partial charge in [-0.3, -0.25) is 9.59 Å². The van der Waals surface area contributed by atoms with Crippen LogP contribution >= 0.6 is 0 Å². The van der Waals surface area contributed by atoms with E-state index in [4.69, 9.17) is 0 Å². The van der Waals surface area contributed by atoms with Crippen LogP contribution in [0.2, 0.25) is 0 Å². The second-order valence-electron chi connectivity index (χ2n) is 3.93. The predicted molar refractivity (Wildman–Crippen MR) is 67.7 cm³/mol. The number of hydrogen-bond acceptors (Lipinski definition) is 2. The van der Waals surface area contributed by atoms with Crippen molar-refractivity contribution in [3.05, 3.63) is 48.1 Å². The van der Waals surface area contributed by atoms with Gasteiger partial charge in [0.1, 0.15) is 0 Å². The molecule has 0 fully saturated rings. The highest BCUT2D eigenvalue weighted by atomic mass is 16.2. The second kappa shape index (κ2) is 4.37. The lowest BCUT2D eigenvalue weighted by molar-refractivity contribution is -0.113. The number of hydrogen-bond donors (Lipinski definition) is 0. The maximum Gasteiger partial charge on any atom is 0.258 e. The lowest BCUT2D eigenvalue weighted by atomic mass is 10.1. The van der Waals surface area contributed by atoms with Gasteiger partial charge in [-0.25, -0.2) is 0 Å². The minimum absolute atomic E-state index is 0.0334. The molecule has 0 saturated carbocycles. The number of ketones is 1. The molecule has 1 aromatic carbocycles. The van der Waals surface area contributed by atoms with E-state index in [-0.39, 0.29) is 11.7 Å². The highest BCUT2D eigenvalue weighted by molar-refractivity contribution is 6.32. The topological polar surface area (TPSA) is 37.4 Å². The van der Waals surface area contributed by atoms with Crippen LogP contribution in [-0.4, -0.2) is 18.7 Å². The quantitative estimate of drug-likeness (QED) is 0.726. The third-order valence-corrected chi connectivity index (χ3v) is 2.68. The zero-order chi connectivity index (χ0) is 12.4. The van der Waals surface area contributed by atoms with Crippen LogP contribution in [-0.2, 0) is 9.59 Å². The van der Waals surface area contributed by atoms with Gasteiger partial charge in [-0.05, 0) is 25.1 Å². The third kappa shape index (κ3) is 2.04. The average Bonchev–Trinajstić information content (AvgIpc) is 2.54. The summed E-state index contributed by atoms with van der Waals surface area (Å²) in [6, 6.07) is 7.61. The van der Waals surface area contributed by atoms with E-state index < -0.39 is 0 Å². The smallest absolute Gasteiger partial charge is 0.258 e. The minimum atomic E-state index is -0.0422. The molecule has 0 bridgehead atoms. The number of carbonyl (C=O) groups excluding carboxylic acids is 2. The highest BCUT2D eigenvalue weighted by Gasteiger charge is 2.28. The minimum Gasteiger partial charge on any atom is -0.311 e. The van der Waals surface area contributed by atoms with Crippen LogP contribution in [0.1, 0.15) is 12.5 Å². The van der Waals surface area contributed by atoms with Gasteiger partial charge in [0.15, 0.2) is 5.78 Å². The number of fused-ring (bicyclic) bond motifs is 1. The highest BCUT2D eigenvalue weighted by Crippen LogP contribution is 2.35. The molecule has 0 saturated heterocycles. The van der Waals surface area contributed by atoms with Gasteiger partial charge in [0, 0.05) is 18.2 Å². The number of para-hydroxylation sites is 1. The van der Waals surface area contributed by atoms with E-state index in [1.807, 2.05) is 24.3 Å². The molecule has 1 aromatic rings. The summed E-state index contributed by atoms with van der Waals surface area (Å²) in [5.41, 5.74) is 2.44. The molecule has 1 amide bonds. The van der Waals surface area contributed by atoms with Crippen molar-refractivity contribution in [3.63, 3.8) is 0 Å². The zero-order valence-electron chi connectivity index (χ0n) is 9.81. The molecular formula is C14H13NO2. The first kappa shape index (κ1) is 11.3. The van der Waals surface area contributed by atoms with Gasteiger partial charge < -0.3 is 4.90 Å². The van der Waals surface area contributed by atoms with Crippen molar-refractivity contribution in [3.8, 4) is 0 Å². The summed E-state index contributed by atoms with van der Waals surface area (Å²) in [6.45, 7) is 1.48. The lowest BCUT2D eigenvalue weighted by Gasteiger charge is -2.07. The second-order valence-corrected chi connectivity index (χ2v) is 3.93. The van der Waals surface area contributed by atoms with Crippen LogP contribution in [0.25, 0.3) is 5.57 Å². The van der Waals surface area contributed by atoms with Crippen LogP contribution in [0.15, 0.2) is 42.5 Å². The van der Waals surface area contributed by atoms with Gasteiger partial charge in [0.05, 0.1) is 5.69 Å². The van der Waals surface area contributed by atoms with Crippen molar-refractivity contribution in [2.24, 2.45) is 0 Å². The normalized spacial score (nSPS) is 16.9. The van der Waals surface area contributed by atoms with Crippen LogP contribution in [0.3, 0.4) is 0 Å². The Morgan fingerprint density at radius 1 is 1.29 bits per heavy atom. The fourth-order valence-electron chi connectivity index (χ4n) is 1.84. The molecule has 17 heavy (non-hydrogen) atoms. The average molecular weight is 227 g/mol. The molecule has 0 N–H and O–H groups in total. The maximum atomic E-state index is 12.0. The Labute approximate surface area is 100 Å².